The fourth-order valence-corrected chi connectivity index (χ4v) is 1.69. The Morgan fingerprint density at radius 2 is 1.76 bits per heavy atom. The van der Waals surface area contributed by atoms with Gasteiger partial charge in [0.1, 0.15) is 6.61 Å². The Labute approximate surface area is 122 Å². The monoisotopic (exact) mass is 282 g/mol. The molecule has 0 unspecified atom stereocenters. The summed E-state index contributed by atoms with van der Waals surface area (Å²) < 4.78 is 5.09. The van der Waals surface area contributed by atoms with Crippen molar-refractivity contribution in [1.29, 1.82) is 0 Å². The van der Waals surface area contributed by atoms with Crippen LogP contribution in [0.2, 0.25) is 0 Å². The molecule has 0 aliphatic rings. The maximum atomic E-state index is 11.6. The third-order valence-corrected chi connectivity index (χ3v) is 2.76. The van der Waals surface area contributed by atoms with Crippen molar-refractivity contribution in [3.63, 3.8) is 0 Å². The number of benzene rings is 2. The van der Waals surface area contributed by atoms with Crippen molar-refractivity contribution in [3.05, 3.63) is 65.7 Å². The Morgan fingerprint density at radius 3 is 2.43 bits per heavy atom. The van der Waals surface area contributed by atoms with Gasteiger partial charge in [0, 0.05) is 6.54 Å². The molecule has 0 spiro atoms. The molecule has 0 bridgehead atoms. The van der Waals surface area contributed by atoms with Crippen LogP contribution in [0, 0.1) is 0 Å². The molecule has 21 heavy (non-hydrogen) atoms. The molecule has 0 atom stereocenters. The van der Waals surface area contributed by atoms with Gasteiger partial charge in [-0.1, -0.05) is 42.5 Å². The Kier molecular flexibility index (Phi) is 5.26. The lowest BCUT2D eigenvalue weighted by molar-refractivity contribution is 0.139. The van der Waals surface area contributed by atoms with Crippen molar-refractivity contribution in [2.24, 2.45) is 4.99 Å². The maximum Gasteiger partial charge on any atom is 0.407 e. The zero-order chi connectivity index (χ0) is 14.9. The van der Waals surface area contributed by atoms with Gasteiger partial charge in [-0.25, -0.2) is 9.59 Å². The minimum Gasteiger partial charge on any atom is -0.445 e. The summed E-state index contributed by atoms with van der Waals surface area (Å²) in [6.07, 6.45) is 0.993. The molecule has 5 heteroatoms. The van der Waals surface area contributed by atoms with Gasteiger partial charge in [-0.3, -0.25) is 0 Å². The number of amides is 1. The number of isocyanates is 1. The molecule has 0 aliphatic heterocycles. The number of nitrogens with zero attached hydrogens (tertiary/aromatic N) is 1. The molecule has 5 nitrogen and oxygen atoms in total. The molecular formula is C16H14N2O3. The second-order valence-corrected chi connectivity index (χ2v) is 4.28. The van der Waals surface area contributed by atoms with E-state index in [1.54, 1.807) is 24.3 Å². The van der Waals surface area contributed by atoms with E-state index < -0.39 is 6.09 Å². The number of aliphatic imine (C=N–C) groups is 1. The summed E-state index contributed by atoms with van der Waals surface area (Å²) in [4.78, 5) is 25.1. The Balaban J connectivity index is 1.77. The predicted octanol–water partition coefficient (Wildman–Crippen LogP) is 3.08. The van der Waals surface area contributed by atoms with Gasteiger partial charge in [-0.05, 0) is 23.3 Å². The maximum absolute atomic E-state index is 11.6. The highest BCUT2D eigenvalue weighted by Gasteiger charge is 2.02. The van der Waals surface area contributed by atoms with Crippen LogP contribution in [-0.4, -0.2) is 12.2 Å². The van der Waals surface area contributed by atoms with Gasteiger partial charge in [-0.2, -0.15) is 4.99 Å². The molecule has 0 heterocycles. The first-order valence-electron chi connectivity index (χ1n) is 6.39. The molecule has 0 radical (unpaired) electrons. The highest BCUT2D eigenvalue weighted by molar-refractivity contribution is 5.67. The molecule has 1 amide bonds. The third kappa shape index (κ3) is 4.93. The molecule has 1 N–H and O–H groups in total. The minimum absolute atomic E-state index is 0.236. The molecule has 2 rings (SSSR count). The van der Waals surface area contributed by atoms with Gasteiger partial charge >= 0.3 is 6.09 Å². The van der Waals surface area contributed by atoms with Crippen LogP contribution in [0.4, 0.5) is 10.5 Å². The van der Waals surface area contributed by atoms with Crippen molar-refractivity contribution >= 4 is 17.9 Å². The van der Waals surface area contributed by atoms with E-state index >= 15 is 0 Å². The summed E-state index contributed by atoms with van der Waals surface area (Å²) in [6, 6.07) is 16.4. The van der Waals surface area contributed by atoms with E-state index in [1.165, 1.54) is 6.08 Å². The summed E-state index contributed by atoms with van der Waals surface area (Å²) in [7, 11) is 0. The van der Waals surface area contributed by atoms with E-state index in [-0.39, 0.29) is 6.61 Å². The summed E-state index contributed by atoms with van der Waals surface area (Å²) in [5, 5.41) is 2.65. The van der Waals surface area contributed by atoms with Crippen LogP contribution in [-0.2, 0) is 22.7 Å². The smallest absolute Gasteiger partial charge is 0.407 e. The number of rotatable bonds is 5. The molecule has 106 valence electrons. The number of nitrogens with one attached hydrogen (secondary N) is 1. The topological polar surface area (TPSA) is 67.8 Å². The van der Waals surface area contributed by atoms with Crippen LogP contribution < -0.4 is 5.32 Å². The lowest BCUT2D eigenvalue weighted by Crippen LogP contribution is -2.23. The van der Waals surface area contributed by atoms with Crippen LogP contribution in [0.5, 0.6) is 0 Å². The van der Waals surface area contributed by atoms with Crippen LogP contribution in [0.15, 0.2) is 59.6 Å². The first kappa shape index (κ1) is 14.5. The molecule has 0 aliphatic carbocycles. The Morgan fingerprint density at radius 1 is 1.05 bits per heavy atom. The number of carbonyl (C=O) groups is 1. The summed E-state index contributed by atoms with van der Waals surface area (Å²) in [5.74, 6) is 0. The minimum atomic E-state index is -0.478. The normalized spacial score (nSPS) is 9.52. The van der Waals surface area contributed by atoms with E-state index in [0.717, 1.165) is 11.1 Å². The van der Waals surface area contributed by atoms with E-state index in [4.69, 9.17) is 4.74 Å². The number of hydrogen-bond acceptors (Lipinski definition) is 4. The zero-order valence-electron chi connectivity index (χ0n) is 11.3. The quantitative estimate of drug-likeness (QED) is 0.677. The Hall–Kier alpha value is -2.91. The molecule has 2 aromatic carbocycles. The molecule has 0 saturated heterocycles. The predicted molar refractivity (Wildman–Crippen MR) is 77.7 cm³/mol. The highest BCUT2D eigenvalue weighted by atomic mass is 16.5. The number of ether oxygens (including phenoxy) is 1. The summed E-state index contributed by atoms with van der Waals surface area (Å²) in [5.41, 5.74) is 2.35. The van der Waals surface area contributed by atoms with Gasteiger partial charge in [0.25, 0.3) is 0 Å². The van der Waals surface area contributed by atoms with Crippen LogP contribution in [0.25, 0.3) is 0 Å². The number of alkyl carbamates (subject to hydrolysis) is 1. The summed E-state index contributed by atoms with van der Waals surface area (Å²) in [6.45, 7) is 0.582. The van der Waals surface area contributed by atoms with Crippen LogP contribution in [0.3, 0.4) is 0 Å². The Bertz CT molecular complexity index is 632. The van der Waals surface area contributed by atoms with Crippen molar-refractivity contribution < 1.29 is 14.3 Å². The van der Waals surface area contributed by atoms with Gasteiger partial charge in [-0.15, -0.1) is 0 Å². The van der Waals surface area contributed by atoms with Crippen LogP contribution >= 0.6 is 0 Å². The average Bonchev–Trinajstić information content (AvgIpc) is 2.53. The molecular weight excluding hydrogens is 268 g/mol. The SMILES string of the molecule is O=C=Nc1ccc(CNC(=O)OCc2ccccc2)cc1. The van der Waals surface area contributed by atoms with Crippen molar-refractivity contribution in [2.75, 3.05) is 0 Å². The van der Waals surface area contributed by atoms with Gasteiger partial charge in [0.2, 0.25) is 6.08 Å². The van der Waals surface area contributed by atoms with Gasteiger partial charge < -0.3 is 10.1 Å². The van der Waals surface area contributed by atoms with Crippen molar-refractivity contribution in [3.8, 4) is 0 Å². The molecule has 2 aromatic rings. The first-order valence-corrected chi connectivity index (χ1v) is 6.39. The lowest BCUT2D eigenvalue weighted by atomic mass is 10.2. The van der Waals surface area contributed by atoms with E-state index in [0.29, 0.717) is 12.2 Å². The third-order valence-electron chi connectivity index (χ3n) is 2.76. The fraction of sp³-hybridized carbons (Fsp3) is 0.125. The van der Waals surface area contributed by atoms with Crippen LogP contribution in [0.1, 0.15) is 11.1 Å². The number of carbonyl (C=O) groups excluding carboxylic acids is 2. The zero-order valence-corrected chi connectivity index (χ0v) is 11.3. The number of hydrogen-bond donors (Lipinski definition) is 1. The van der Waals surface area contributed by atoms with Gasteiger partial charge in [0.05, 0.1) is 5.69 Å². The van der Waals surface area contributed by atoms with Crippen molar-refractivity contribution in [1.82, 2.24) is 5.32 Å². The first-order chi connectivity index (χ1) is 10.3. The largest absolute Gasteiger partial charge is 0.445 e. The summed E-state index contributed by atoms with van der Waals surface area (Å²) >= 11 is 0. The average molecular weight is 282 g/mol. The molecule has 0 fully saturated rings. The van der Waals surface area contributed by atoms with E-state index in [2.05, 4.69) is 10.3 Å². The standard InChI is InChI=1S/C16H14N2O3/c19-12-18-15-8-6-13(7-9-15)10-17-16(20)21-11-14-4-2-1-3-5-14/h1-9H,10-11H2,(H,17,20). The van der Waals surface area contributed by atoms with Crippen molar-refractivity contribution in [2.45, 2.75) is 13.2 Å². The molecule has 0 aromatic heterocycles. The molecule has 0 saturated carbocycles. The second-order valence-electron chi connectivity index (χ2n) is 4.28. The fourth-order valence-electron chi connectivity index (χ4n) is 1.69. The lowest BCUT2D eigenvalue weighted by Gasteiger charge is -2.07. The van der Waals surface area contributed by atoms with E-state index in [9.17, 15) is 9.59 Å². The highest BCUT2D eigenvalue weighted by Crippen LogP contribution is 2.11. The van der Waals surface area contributed by atoms with Gasteiger partial charge in [0.15, 0.2) is 0 Å². The van der Waals surface area contributed by atoms with E-state index in [1.807, 2.05) is 30.3 Å². The second kappa shape index (κ2) is 7.62.